The zero-order valence-corrected chi connectivity index (χ0v) is 20.5. The number of esters is 1. The average Bonchev–Trinajstić information content (AvgIpc) is 3.27. The third-order valence-electron chi connectivity index (χ3n) is 6.54. The van der Waals surface area contributed by atoms with Gasteiger partial charge < -0.3 is 9.47 Å². The second-order valence-corrected chi connectivity index (χ2v) is 11.8. The molecule has 1 aliphatic carbocycles. The molecule has 0 saturated heterocycles. The van der Waals surface area contributed by atoms with Crippen molar-refractivity contribution in [2.45, 2.75) is 55.9 Å². The van der Waals surface area contributed by atoms with Crippen molar-refractivity contribution in [3.8, 4) is 5.75 Å². The lowest BCUT2D eigenvalue weighted by molar-refractivity contribution is -0.159. The standard InChI is InChI=1S/C29H30O3S/c1-19-13-25(33-21(3)15-22-9-7-8-12-26(22)33)14-20(2)28(19)31-18-27(30)32-29(4)16-23-10-5-6-11-24(23)17-29/h5-15,33H,16-18H2,1-4H3. The number of carbonyl (C=O) groups excluding carboxylic acids is 1. The van der Waals surface area contributed by atoms with E-state index in [1.54, 1.807) is 0 Å². The summed E-state index contributed by atoms with van der Waals surface area (Å²) < 4.78 is 11.9. The highest BCUT2D eigenvalue weighted by Gasteiger charge is 2.36. The first-order chi connectivity index (χ1) is 15.8. The van der Waals surface area contributed by atoms with E-state index in [-0.39, 0.29) is 12.6 Å². The van der Waals surface area contributed by atoms with E-state index in [4.69, 9.17) is 9.47 Å². The summed E-state index contributed by atoms with van der Waals surface area (Å²) in [6.45, 7) is 8.26. The highest BCUT2D eigenvalue weighted by atomic mass is 32.2. The van der Waals surface area contributed by atoms with Gasteiger partial charge in [0.2, 0.25) is 0 Å². The van der Waals surface area contributed by atoms with Crippen LogP contribution in [0.25, 0.3) is 6.08 Å². The minimum atomic E-state index is -0.509. The molecule has 4 heteroatoms. The highest BCUT2D eigenvalue weighted by Crippen LogP contribution is 2.57. The van der Waals surface area contributed by atoms with Gasteiger partial charge in [-0.1, -0.05) is 42.5 Å². The zero-order chi connectivity index (χ0) is 23.2. The molecule has 0 aromatic heterocycles. The molecule has 3 aromatic rings. The molecule has 3 aromatic carbocycles. The topological polar surface area (TPSA) is 35.5 Å². The van der Waals surface area contributed by atoms with Crippen LogP contribution < -0.4 is 4.74 Å². The largest absolute Gasteiger partial charge is 0.481 e. The Morgan fingerprint density at radius 1 is 0.939 bits per heavy atom. The van der Waals surface area contributed by atoms with Gasteiger partial charge in [0.15, 0.2) is 6.61 Å². The van der Waals surface area contributed by atoms with Crippen molar-refractivity contribution in [2.75, 3.05) is 6.61 Å². The molecular formula is C29H30O3S. The second kappa shape index (κ2) is 8.42. The average molecular weight is 459 g/mol. The zero-order valence-electron chi connectivity index (χ0n) is 19.6. The molecule has 170 valence electrons. The fourth-order valence-electron chi connectivity index (χ4n) is 5.20. The van der Waals surface area contributed by atoms with Gasteiger partial charge in [-0.05, 0) is 89.6 Å². The van der Waals surface area contributed by atoms with Crippen LogP contribution >= 0.6 is 10.9 Å². The Morgan fingerprint density at radius 2 is 1.55 bits per heavy atom. The molecule has 2 aliphatic rings. The first kappa shape index (κ1) is 21.8. The molecule has 1 heterocycles. The van der Waals surface area contributed by atoms with Crippen molar-refractivity contribution < 1.29 is 14.3 Å². The van der Waals surface area contributed by atoms with Gasteiger partial charge in [0.05, 0.1) is 0 Å². The van der Waals surface area contributed by atoms with Gasteiger partial charge in [0.25, 0.3) is 0 Å². The summed E-state index contributed by atoms with van der Waals surface area (Å²) >= 11 is 0. The van der Waals surface area contributed by atoms with Crippen molar-refractivity contribution in [1.29, 1.82) is 0 Å². The Hall–Kier alpha value is -2.98. The fraction of sp³-hybridized carbons (Fsp3) is 0.276. The van der Waals surface area contributed by atoms with Crippen molar-refractivity contribution in [2.24, 2.45) is 0 Å². The third-order valence-corrected chi connectivity index (χ3v) is 9.04. The van der Waals surface area contributed by atoms with Crippen LogP contribution in [0.15, 0.2) is 75.4 Å². The van der Waals surface area contributed by atoms with E-state index in [2.05, 4.69) is 75.4 Å². The van der Waals surface area contributed by atoms with Crippen LogP contribution in [0.5, 0.6) is 5.75 Å². The Balaban J connectivity index is 1.28. The molecule has 0 amide bonds. The van der Waals surface area contributed by atoms with Crippen molar-refractivity contribution in [3.05, 3.63) is 93.4 Å². The van der Waals surface area contributed by atoms with Crippen LogP contribution in [0.1, 0.15) is 41.7 Å². The van der Waals surface area contributed by atoms with E-state index in [1.165, 1.54) is 31.4 Å². The lowest BCUT2D eigenvalue weighted by Crippen LogP contribution is -2.34. The van der Waals surface area contributed by atoms with E-state index >= 15 is 0 Å². The number of fused-ring (bicyclic) bond motifs is 2. The summed E-state index contributed by atoms with van der Waals surface area (Å²) in [6.07, 6.45) is 3.80. The lowest BCUT2D eigenvalue weighted by Gasteiger charge is -2.25. The van der Waals surface area contributed by atoms with E-state index in [9.17, 15) is 4.79 Å². The van der Waals surface area contributed by atoms with Crippen LogP contribution in [0.4, 0.5) is 0 Å². The Kier molecular flexibility index (Phi) is 5.57. The number of carbonyl (C=O) groups is 1. The van der Waals surface area contributed by atoms with E-state index in [0.717, 1.165) is 29.7 Å². The first-order valence-corrected chi connectivity index (χ1v) is 12.8. The van der Waals surface area contributed by atoms with Crippen LogP contribution in [-0.2, 0) is 22.4 Å². The summed E-state index contributed by atoms with van der Waals surface area (Å²) in [5.74, 6) is 0.459. The quantitative estimate of drug-likeness (QED) is 0.347. The van der Waals surface area contributed by atoms with Gasteiger partial charge in [0.1, 0.15) is 11.4 Å². The number of hydrogen-bond acceptors (Lipinski definition) is 3. The summed E-state index contributed by atoms with van der Waals surface area (Å²) in [5.41, 5.74) is 5.45. The Bertz CT molecular complexity index is 1230. The molecule has 0 N–H and O–H groups in total. The fourth-order valence-corrected chi connectivity index (χ4v) is 7.81. The summed E-state index contributed by atoms with van der Waals surface area (Å²) in [7, 11) is -0.509. The SMILES string of the molecule is CC1=Cc2ccccc2[SH]1c1cc(C)c(OCC(=O)OC2(C)Cc3ccccc3C2)c(C)c1. The predicted molar refractivity (Wildman–Crippen MR) is 135 cm³/mol. The monoisotopic (exact) mass is 458 g/mol. The van der Waals surface area contributed by atoms with E-state index in [1.807, 2.05) is 19.1 Å². The van der Waals surface area contributed by atoms with Crippen LogP contribution in [0, 0.1) is 13.8 Å². The molecule has 1 aliphatic heterocycles. The summed E-state index contributed by atoms with van der Waals surface area (Å²) in [6, 6.07) is 21.4. The second-order valence-electron chi connectivity index (χ2n) is 9.42. The van der Waals surface area contributed by atoms with E-state index < -0.39 is 16.5 Å². The normalized spacial score (nSPS) is 18.9. The number of thiol groups is 1. The van der Waals surface area contributed by atoms with Gasteiger partial charge in [0, 0.05) is 17.7 Å². The molecular weight excluding hydrogens is 428 g/mol. The number of hydrogen-bond donors (Lipinski definition) is 1. The Labute approximate surface area is 198 Å². The maximum atomic E-state index is 12.7. The molecule has 5 rings (SSSR count). The number of allylic oxidation sites excluding steroid dienone is 1. The van der Waals surface area contributed by atoms with Crippen molar-refractivity contribution >= 4 is 22.9 Å². The number of ether oxygens (including phenoxy) is 2. The molecule has 3 nitrogen and oxygen atoms in total. The van der Waals surface area contributed by atoms with Gasteiger partial charge in [-0.25, -0.2) is 4.79 Å². The summed E-state index contributed by atoms with van der Waals surface area (Å²) in [5, 5.41) is 0. The molecule has 0 saturated carbocycles. The Morgan fingerprint density at radius 3 is 2.21 bits per heavy atom. The van der Waals surface area contributed by atoms with Gasteiger partial charge in [-0.3, -0.25) is 0 Å². The molecule has 0 bridgehead atoms. The van der Waals surface area contributed by atoms with E-state index in [0.29, 0.717) is 0 Å². The number of aryl methyl sites for hydroxylation is 2. The predicted octanol–water partition coefficient (Wildman–Crippen LogP) is 6.58. The molecule has 0 spiro atoms. The first-order valence-electron chi connectivity index (χ1n) is 11.4. The van der Waals surface area contributed by atoms with Crippen LogP contribution in [-0.4, -0.2) is 18.2 Å². The number of rotatable bonds is 5. The maximum absolute atomic E-state index is 12.7. The van der Waals surface area contributed by atoms with Gasteiger partial charge in [-0.2, -0.15) is 10.9 Å². The molecule has 0 fully saturated rings. The van der Waals surface area contributed by atoms with Gasteiger partial charge in [-0.15, -0.1) is 0 Å². The maximum Gasteiger partial charge on any atom is 0.344 e. The van der Waals surface area contributed by atoms with Crippen molar-refractivity contribution in [1.82, 2.24) is 0 Å². The van der Waals surface area contributed by atoms with Gasteiger partial charge >= 0.3 is 5.97 Å². The number of benzene rings is 3. The van der Waals surface area contributed by atoms with Crippen molar-refractivity contribution in [3.63, 3.8) is 0 Å². The third kappa shape index (κ3) is 4.20. The molecule has 0 radical (unpaired) electrons. The summed E-state index contributed by atoms with van der Waals surface area (Å²) in [4.78, 5) is 16.8. The molecule has 1 unspecified atom stereocenters. The smallest absolute Gasteiger partial charge is 0.344 e. The van der Waals surface area contributed by atoms with Crippen LogP contribution in [0.3, 0.4) is 0 Å². The van der Waals surface area contributed by atoms with Crippen LogP contribution in [0.2, 0.25) is 0 Å². The lowest BCUT2D eigenvalue weighted by atomic mass is 10.0. The minimum absolute atomic E-state index is 0.0799. The molecule has 1 atom stereocenters. The molecule has 33 heavy (non-hydrogen) atoms. The minimum Gasteiger partial charge on any atom is -0.481 e. The highest BCUT2D eigenvalue weighted by molar-refractivity contribution is 8.20.